The summed E-state index contributed by atoms with van der Waals surface area (Å²) in [7, 11) is 0. The molecule has 3 nitrogen and oxygen atoms in total. The maximum Gasteiger partial charge on any atom is 0.250 e. The van der Waals surface area contributed by atoms with E-state index in [9.17, 15) is 4.79 Å². The van der Waals surface area contributed by atoms with Gasteiger partial charge in [0.05, 0.1) is 0 Å². The Bertz CT molecular complexity index is 239. The van der Waals surface area contributed by atoms with Gasteiger partial charge < -0.3 is 4.90 Å². The summed E-state index contributed by atoms with van der Waals surface area (Å²) in [5.41, 5.74) is 0. The van der Waals surface area contributed by atoms with Crippen molar-refractivity contribution in [3.8, 4) is 0 Å². The third kappa shape index (κ3) is 2.31. The quantitative estimate of drug-likeness (QED) is 0.713. The molecular formula is C11H20N2OS. The molecule has 15 heavy (non-hydrogen) atoms. The lowest BCUT2D eigenvalue weighted by molar-refractivity contribution is -0.132. The summed E-state index contributed by atoms with van der Waals surface area (Å²) in [6.07, 6.45) is 2.37. The van der Waals surface area contributed by atoms with Crippen LogP contribution in [0.5, 0.6) is 0 Å². The molecule has 2 fully saturated rings. The van der Waals surface area contributed by atoms with Gasteiger partial charge in [-0.1, -0.05) is 0 Å². The van der Waals surface area contributed by atoms with Crippen molar-refractivity contribution in [3.63, 3.8) is 0 Å². The number of carbonyl (C=O) groups excluding carboxylic acids is 1. The van der Waals surface area contributed by atoms with Crippen LogP contribution in [0.25, 0.3) is 0 Å². The van der Waals surface area contributed by atoms with Crippen molar-refractivity contribution >= 4 is 17.7 Å². The Balaban J connectivity index is 1.99. The lowest BCUT2D eigenvalue weighted by Crippen LogP contribution is -2.45. The molecule has 2 saturated heterocycles. The molecule has 86 valence electrons. The van der Waals surface area contributed by atoms with Gasteiger partial charge in [0.15, 0.2) is 0 Å². The average Bonchev–Trinajstić information content (AvgIpc) is 2.88. The topological polar surface area (TPSA) is 23.6 Å². The molecule has 0 aromatic rings. The van der Waals surface area contributed by atoms with Gasteiger partial charge in [0.25, 0.3) is 0 Å². The third-order valence-electron chi connectivity index (χ3n) is 3.22. The summed E-state index contributed by atoms with van der Waals surface area (Å²) < 4.78 is 0. The van der Waals surface area contributed by atoms with Crippen LogP contribution in [0.3, 0.4) is 0 Å². The van der Waals surface area contributed by atoms with Crippen molar-refractivity contribution in [3.05, 3.63) is 0 Å². The fourth-order valence-corrected chi connectivity index (χ4v) is 3.69. The van der Waals surface area contributed by atoms with Gasteiger partial charge >= 0.3 is 0 Å². The van der Waals surface area contributed by atoms with E-state index in [1.807, 2.05) is 16.7 Å². The van der Waals surface area contributed by atoms with Gasteiger partial charge in [0.1, 0.15) is 5.37 Å². The van der Waals surface area contributed by atoms with Crippen LogP contribution in [-0.4, -0.2) is 52.5 Å². The van der Waals surface area contributed by atoms with E-state index in [0.29, 0.717) is 11.9 Å². The van der Waals surface area contributed by atoms with Crippen LogP contribution in [-0.2, 0) is 4.79 Å². The Morgan fingerprint density at radius 1 is 1.27 bits per heavy atom. The highest BCUT2D eigenvalue weighted by Crippen LogP contribution is 2.28. The molecule has 4 heteroatoms. The molecule has 0 aromatic heterocycles. The number of hydrogen-bond acceptors (Lipinski definition) is 3. The predicted octanol–water partition coefficient (Wildman–Crippen LogP) is 1.39. The first-order chi connectivity index (χ1) is 7.20. The number of nitrogens with zero attached hydrogens (tertiary/aromatic N) is 2. The lowest BCUT2D eigenvalue weighted by Gasteiger charge is -2.29. The second-order valence-electron chi connectivity index (χ2n) is 4.59. The van der Waals surface area contributed by atoms with Crippen molar-refractivity contribution in [2.75, 3.05) is 25.4 Å². The first-order valence-electron chi connectivity index (χ1n) is 5.86. The van der Waals surface area contributed by atoms with E-state index >= 15 is 0 Å². The molecule has 1 amide bonds. The van der Waals surface area contributed by atoms with Crippen LogP contribution in [0.4, 0.5) is 0 Å². The smallest absolute Gasteiger partial charge is 0.250 e. The van der Waals surface area contributed by atoms with Gasteiger partial charge in [0.2, 0.25) is 5.91 Å². The minimum atomic E-state index is 0.100. The van der Waals surface area contributed by atoms with Gasteiger partial charge in [-0.25, -0.2) is 0 Å². The Hall–Kier alpha value is -0.220. The lowest BCUT2D eigenvalue weighted by atomic mass is 10.3. The molecule has 1 atom stereocenters. The van der Waals surface area contributed by atoms with Gasteiger partial charge in [0, 0.05) is 31.4 Å². The summed E-state index contributed by atoms with van der Waals surface area (Å²) in [5, 5.41) is 0.100. The van der Waals surface area contributed by atoms with Crippen LogP contribution < -0.4 is 0 Å². The fourth-order valence-electron chi connectivity index (χ4n) is 2.32. The molecule has 0 spiro atoms. The Morgan fingerprint density at radius 2 is 1.93 bits per heavy atom. The molecule has 2 rings (SSSR count). The van der Waals surface area contributed by atoms with Gasteiger partial charge in [-0.05, 0) is 26.7 Å². The molecule has 2 heterocycles. The summed E-state index contributed by atoms with van der Waals surface area (Å²) >= 11 is 1.81. The average molecular weight is 228 g/mol. The maximum atomic E-state index is 12.2. The number of thioether (sulfide) groups is 1. The molecular weight excluding hydrogens is 208 g/mol. The standard InChI is InChI=1S/C11H20N2OS/c1-9(2)13-7-8-15-11(13)10(14)12-5-3-4-6-12/h9,11H,3-8H2,1-2H3/t11-/m0/s1. The van der Waals surface area contributed by atoms with E-state index in [1.165, 1.54) is 12.8 Å². The highest BCUT2D eigenvalue weighted by molar-refractivity contribution is 8.00. The molecule has 0 aliphatic carbocycles. The molecule has 2 aliphatic rings. The second-order valence-corrected chi connectivity index (χ2v) is 5.78. The van der Waals surface area contributed by atoms with Crippen LogP contribution in [0, 0.1) is 0 Å². The Morgan fingerprint density at radius 3 is 2.53 bits per heavy atom. The fraction of sp³-hybridized carbons (Fsp3) is 0.909. The minimum Gasteiger partial charge on any atom is -0.341 e. The number of amides is 1. The Labute approximate surface area is 96.2 Å². The van der Waals surface area contributed by atoms with Gasteiger partial charge in [-0.2, -0.15) is 0 Å². The van der Waals surface area contributed by atoms with E-state index in [4.69, 9.17) is 0 Å². The largest absolute Gasteiger partial charge is 0.341 e. The van der Waals surface area contributed by atoms with Crippen LogP contribution in [0.2, 0.25) is 0 Å². The van der Waals surface area contributed by atoms with Crippen LogP contribution in [0.1, 0.15) is 26.7 Å². The van der Waals surface area contributed by atoms with Crippen LogP contribution >= 0.6 is 11.8 Å². The van der Waals surface area contributed by atoms with E-state index < -0.39 is 0 Å². The zero-order valence-corrected chi connectivity index (χ0v) is 10.4. The van der Waals surface area contributed by atoms with Gasteiger partial charge in [-0.3, -0.25) is 9.69 Å². The molecule has 0 bridgehead atoms. The highest BCUT2D eigenvalue weighted by atomic mass is 32.2. The van der Waals surface area contributed by atoms with E-state index in [-0.39, 0.29) is 5.37 Å². The number of carbonyl (C=O) groups is 1. The molecule has 2 aliphatic heterocycles. The maximum absolute atomic E-state index is 12.2. The van der Waals surface area contributed by atoms with E-state index in [2.05, 4.69) is 18.7 Å². The summed E-state index contributed by atoms with van der Waals surface area (Å²) in [6.45, 7) is 7.36. The normalized spacial score (nSPS) is 27.9. The summed E-state index contributed by atoms with van der Waals surface area (Å²) in [4.78, 5) is 16.6. The molecule has 0 unspecified atom stereocenters. The van der Waals surface area contributed by atoms with Crippen molar-refractivity contribution in [2.24, 2.45) is 0 Å². The second kappa shape index (κ2) is 4.74. The molecule has 0 radical (unpaired) electrons. The third-order valence-corrected chi connectivity index (χ3v) is 4.43. The Kier molecular flexibility index (Phi) is 3.57. The monoisotopic (exact) mass is 228 g/mol. The molecule has 0 N–H and O–H groups in total. The molecule has 0 aromatic carbocycles. The van der Waals surface area contributed by atoms with Crippen molar-refractivity contribution < 1.29 is 4.79 Å². The van der Waals surface area contributed by atoms with E-state index in [0.717, 1.165) is 25.4 Å². The predicted molar refractivity (Wildman–Crippen MR) is 63.9 cm³/mol. The minimum absolute atomic E-state index is 0.100. The zero-order chi connectivity index (χ0) is 10.8. The first kappa shape index (κ1) is 11.3. The van der Waals surface area contributed by atoms with Gasteiger partial charge in [-0.15, -0.1) is 11.8 Å². The number of hydrogen-bond donors (Lipinski definition) is 0. The van der Waals surface area contributed by atoms with Crippen molar-refractivity contribution in [1.82, 2.24) is 9.80 Å². The zero-order valence-electron chi connectivity index (χ0n) is 9.61. The first-order valence-corrected chi connectivity index (χ1v) is 6.91. The molecule has 0 saturated carbocycles. The highest BCUT2D eigenvalue weighted by Gasteiger charge is 2.36. The van der Waals surface area contributed by atoms with Crippen molar-refractivity contribution in [2.45, 2.75) is 38.1 Å². The summed E-state index contributed by atoms with van der Waals surface area (Å²) in [5.74, 6) is 1.45. The van der Waals surface area contributed by atoms with Crippen LogP contribution in [0.15, 0.2) is 0 Å². The number of rotatable bonds is 2. The van der Waals surface area contributed by atoms with E-state index in [1.54, 1.807) is 0 Å². The SMILES string of the molecule is CC(C)N1CCS[C@H]1C(=O)N1CCCC1. The summed E-state index contributed by atoms with van der Waals surface area (Å²) in [6, 6.07) is 0.483. The number of likely N-dealkylation sites (tertiary alicyclic amines) is 1. The van der Waals surface area contributed by atoms with Crippen molar-refractivity contribution in [1.29, 1.82) is 0 Å².